The van der Waals surface area contributed by atoms with Crippen LogP contribution in [0.1, 0.15) is 44.2 Å². The summed E-state index contributed by atoms with van der Waals surface area (Å²) in [5.74, 6) is 2.05. The van der Waals surface area contributed by atoms with Crippen molar-refractivity contribution in [1.82, 2.24) is 4.98 Å². The number of anilines is 1. The van der Waals surface area contributed by atoms with E-state index in [4.69, 9.17) is 9.47 Å². The molecule has 128 valence electrons. The predicted molar refractivity (Wildman–Crippen MR) is 95.1 cm³/mol. The molecule has 0 bridgehead atoms. The highest BCUT2D eigenvalue weighted by molar-refractivity contribution is 7.13. The van der Waals surface area contributed by atoms with Crippen LogP contribution >= 0.6 is 11.3 Å². The molecule has 0 aliphatic heterocycles. The number of rotatable bonds is 9. The van der Waals surface area contributed by atoms with E-state index < -0.39 is 0 Å². The number of hydrogen-bond donors (Lipinski definition) is 1. The SMILES string of the molecule is CCOc1ccccc1OCCCC(=O)Nc1nc(C2CC2)cs1. The summed E-state index contributed by atoms with van der Waals surface area (Å²) in [6, 6.07) is 7.57. The molecule has 1 fully saturated rings. The van der Waals surface area contributed by atoms with E-state index in [9.17, 15) is 4.79 Å². The first-order chi connectivity index (χ1) is 11.8. The molecule has 1 aliphatic carbocycles. The fraction of sp³-hybridized carbons (Fsp3) is 0.444. The van der Waals surface area contributed by atoms with Crippen LogP contribution in [0, 0.1) is 0 Å². The number of carbonyl (C=O) groups excluding carboxylic acids is 1. The summed E-state index contributed by atoms with van der Waals surface area (Å²) in [6.07, 6.45) is 3.50. The first-order valence-electron chi connectivity index (χ1n) is 8.36. The van der Waals surface area contributed by atoms with E-state index in [1.165, 1.54) is 24.2 Å². The summed E-state index contributed by atoms with van der Waals surface area (Å²) in [5.41, 5.74) is 1.12. The fourth-order valence-corrected chi connectivity index (χ4v) is 3.16. The molecule has 0 radical (unpaired) electrons. The second-order valence-corrected chi connectivity index (χ2v) is 6.59. The molecular weight excluding hydrogens is 324 g/mol. The van der Waals surface area contributed by atoms with Gasteiger partial charge in [-0.05, 0) is 38.3 Å². The first kappa shape index (κ1) is 16.8. The third-order valence-electron chi connectivity index (χ3n) is 3.72. The van der Waals surface area contributed by atoms with Crippen molar-refractivity contribution in [1.29, 1.82) is 0 Å². The fourth-order valence-electron chi connectivity index (χ4n) is 2.35. The van der Waals surface area contributed by atoms with Gasteiger partial charge >= 0.3 is 0 Å². The Labute approximate surface area is 146 Å². The Kier molecular flexibility index (Phi) is 5.69. The van der Waals surface area contributed by atoms with Crippen LogP contribution in [-0.2, 0) is 4.79 Å². The van der Waals surface area contributed by atoms with E-state index in [1.54, 1.807) is 0 Å². The van der Waals surface area contributed by atoms with Gasteiger partial charge in [0.15, 0.2) is 16.6 Å². The van der Waals surface area contributed by atoms with Gasteiger partial charge in [0.05, 0.1) is 18.9 Å². The number of para-hydroxylation sites is 2. The molecule has 1 heterocycles. The van der Waals surface area contributed by atoms with E-state index in [0.717, 1.165) is 11.4 Å². The lowest BCUT2D eigenvalue weighted by Crippen LogP contribution is -2.12. The highest BCUT2D eigenvalue weighted by Gasteiger charge is 2.26. The maximum absolute atomic E-state index is 12.0. The predicted octanol–water partition coefficient (Wildman–Crippen LogP) is 4.22. The Morgan fingerprint density at radius 3 is 2.75 bits per heavy atom. The van der Waals surface area contributed by atoms with Gasteiger partial charge in [-0.15, -0.1) is 11.3 Å². The third kappa shape index (κ3) is 4.71. The van der Waals surface area contributed by atoms with E-state index >= 15 is 0 Å². The van der Waals surface area contributed by atoms with Gasteiger partial charge < -0.3 is 14.8 Å². The molecule has 1 saturated carbocycles. The number of amides is 1. The molecule has 1 aliphatic rings. The van der Waals surface area contributed by atoms with Crippen molar-refractivity contribution in [2.24, 2.45) is 0 Å². The Morgan fingerprint density at radius 1 is 1.29 bits per heavy atom. The number of ether oxygens (including phenoxy) is 2. The van der Waals surface area contributed by atoms with Crippen LogP contribution in [0.15, 0.2) is 29.6 Å². The van der Waals surface area contributed by atoms with Crippen molar-refractivity contribution >= 4 is 22.4 Å². The minimum absolute atomic E-state index is 0.0200. The molecule has 6 heteroatoms. The molecule has 24 heavy (non-hydrogen) atoms. The molecule has 2 aromatic rings. The Hall–Kier alpha value is -2.08. The largest absolute Gasteiger partial charge is 0.490 e. The Morgan fingerprint density at radius 2 is 2.04 bits per heavy atom. The maximum Gasteiger partial charge on any atom is 0.226 e. The lowest BCUT2D eigenvalue weighted by Gasteiger charge is -2.11. The molecule has 1 amide bonds. The first-order valence-corrected chi connectivity index (χ1v) is 9.24. The quantitative estimate of drug-likeness (QED) is 0.691. The van der Waals surface area contributed by atoms with Crippen LogP contribution in [0.3, 0.4) is 0 Å². The van der Waals surface area contributed by atoms with Gasteiger partial charge in [0, 0.05) is 17.7 Å². The number of nitrogens with zero attached hydrogens (tertiary/aromatic N) is 1. The number of hydrogen-bond acceptors (Lipinski definition) is 5. The van der Waals surface area contributed by atoms with Gasteiger partial charge in [-0.3, -0.25) is 4.79 Å². The molecule has 1 aromatic heterocycles. The van der Waals surface area contributed by atoms with Gasteiger partial charge in [0.2, 0.25) is 5.91 Å². The number of benzene rings is 1. The van der Waals surface area contributed by atoms with Crippen molar-refractivity contribution in [3.8, 4) is 11.5 Å². The van der Waals surface area contributed by atoms with E-state index in [2.05, 4.69) is 10.3 Å². The summed E-state index contributed by atoms with van der Waals surface area (Å²) in [7, 11) is 0. The smallest absolute Gasteiger partial charge is 0.226 e. The minimum atomic E-state index is -0.0200. The highest BCUT2D eigenvalue weighted by atomic mass is 32.1. The van der Waals surface area contributed by atoms with Crippen molar-refractivity contribution < 1.29 is 14.3 Å². The van der Waals surface area contributed by atoms with E-state index in [1.807, 2.05) is 36.6 Å². The van der Waals surface area contributed by atoms with Crippen LogP contribution in [0.25, 0.3) is 0 Å². The summed E-state index contributed by atoms with van der Waals surface area (Å²) < 4.78 is 11.2. The summed E-state index contributed by atoms with van der Waals surface area (Å²) in [5, 5.41) is 5.60. The summed E-state index contributed by atoms with van der Waals surface area (Å²) in [4.78, 5) is 16.4. The van der Waals surface area contributed by atoms with Crippen molar-refractivity contribution in [3.63, 3.8) is 0 Å². The molecule has 0 unspecified atom stereocenters. The molecule has 0 saturated heterocycles. The topological polar surface area (TPSA) is 60.5 Å². The summed E-state index contributed by atoms with van der Waals surface area (Å²) in [6.45, 7) is 3.01. The molecule has 3 rings (SSSR count). The Bertz CT molecular complexity index is 682. The molecule has 1 aromatic carbocycles. The number of nitrogens with one attached hydrogen (secondary N) is 1. The average Bonchev–Trinajstić information content (AvgIpc) is 3.33. The van der Waals surface area contributed by atoms with E-state index in [0.29, 0.717) is 42.9 Å². The van der Waals surface area contributed by atoms with Crippen molar-refractivity contribution in [3.05, 3.63) is 35.3 Å². The van der Waals surface area contributed by atoms with Gasteiger partial charge in [0.25, 0.3) is 0 Å². The molecule has 0 spiro atoms. The average molecular weight is 346 g/mol. The standard InChI is InChI=1S/C18H22N2O3S/c1-2-22-15-6-3-4-7-16(15)23-11-5-8-17(21)20-18-19-14(12-24-18)13-9-10-13/h3-4,6-7,12-13H,2,5,8-11H2,1H3,(H,19,20,21). The second kappa shape index (κ2) is 8.15. The molecule has 0 atom stereocenters. The number of carbonyl (C=O) groups is 1. The van der Waals surface area contributed by atoms with Crippen LogP contribution in [0.5, 0.6) is 11.5 Å². The van der Waals surface area contributed by atoms with Gasteiger partial charge in [-0.1, -0.05) is 12.1 Å². The second-order valence-electron chi connectivity index (χ2n) is 5.73. The normalized spacial score (nSPS) is 13.5. The highest BCUT2D eigenvalue weighted by Crippen LogP contribution is 2.40. The molecular formula is C18H22N2O3S. The van der Waals surface area contributed by atoms with Crippen LogP contribution < -0.4 is 14.8 Å². The lowest BCUT2D eigenvalue weighted by molar-refractivity contribution is -0.116. The molecule has 1 N–H and O–H groups in total. The minimum Gasteiger partial charge on any atom is -0.490 e. The van der Waals surface area contributed by atoms with Gasteiger partial charge in [-0.25, -0.2) is 4.98 Å². The number of thiazole rings is 1. The van der Waals surface area contributed by atoms with Crippen LogP contribution in [-0.4, -0.2) is 24.1 Å². The number of aromatic nitrogens is 1. The van der Waals surface area contributed by atoms with Gasteiger partial charge in [-0.2, -0.15) is 0 Å². The summed E-state index contributed by atoms with van der Waals surface area (Å²) >= 11 is 1.50. The van der Waals surface area contributed by atoms with Gasteiger partial charge in [0.1, 0.15) is 0 Å². The zero-order valence-corrected chi connectivity index (χ0v) is 14.6. The molecule has 5 nitrogen and oxygen atoms in total. The zero-order chi connectivity index (χ0) is 16.8. The van der Waals surface area contributed by atoms with Crippen LogP contribution in [0.2, 0.25) is 0 Å². The zero-order valence-electron chi connectivity index (χ0n) is 13.8. The van der Waals surface area contributed by atoms with Crippen molar-refractivity contribution in [2.45, 2.75) is 38.5 Å². The third-order valence-corrected chi connectivity index (χ3v) is 4.49. The maximum atomic E-state index is 12.0. The van der Waals surface area contributed by atoms with Crippen molar-refractivity contribution in [2.75, 3.05) is 18.5 Å². The monoisotopic (exact) mass is 346 g/mol. The lowest BCUT2D eigenvalue weighted by atomic mass is 10.3. The van der Waals surface area contributed by atoms with Crippen LogP contribution in [0.4, 0.5) is 5.13 Å². The van der Waals surface area contributed by atoms with E-state index in [-0.39, 0.29) is 5.91 Å². The Balaban J connectivity index is 1.38.